The van der Waals surface area contributed by atoms with Crippen LogP contribution in [0.3, 0.4) is 0 Å². The highest BCUT2D eigenvalue weighted by molar-refractivity contribution is 4.66. The maximum atomic E-state index is 11.8. The van der Waals surface area contributed by atoms with Gasteiger partial charge in [-0.15, -0.1) is 0 Å². The Morgan fingerprint density at radius 3 is 1.79 bits per heavy atom. The quantitative estimate of drug-likeness (QED) is 0.756. The molecule has 0 spiro atoms. The first-order valence-electron chi connectivity index (χ1n) is 4.85. The van der Waals surface area contributed by atoms with E-state index in [2.05, 4.69) is 0 Å². The highest BCUT2D eigenvalue weighted by atomic mass is 19.4. The van der Waals surface area contributed by atoms with Crippen LogP contribution in [0.15, 0.2) is 0 Å². The SMILES string of the molecule is CC(C)(C)CCC(O)CCC(F)(F)F. The number of alkyl halides is 3. The summed E-state index contributed by atoms with van der Waals surface area (Å²) in [5.74, 6) is 0. The molecule has 0 aliphatic carbocycles. The lowest BCUT2D eigenvalue weighted by molar-refractivity contribution is -0.140. The van der Waals surface area contributed by atoms with Gasteiger partial charge in [-0.05, 0) is 24.7 Å². The summed E-state index contributed by atoms with van der Waals surface area (Å²) in [5.41, 5.74) is 0.0687. The molecular formula is C10H19F3O. The van der Waals surface area contributed by atoms with Crippen molar-refractivity contribution in [2.45, 2.75) is 58.7 Å². The largest absolute Gasteiger partial charge is 0.393 e. The molecule has 0 radical (unpaired) electrons. The molecule has 0 bridgehead atoms. The van der Waals surface area contributed by atoms with Crippen LogP contribution in [-0.2, 0) is 0 Å². The van der Waals surface area contributed by atoms with Crippen molar-refractivity contribution in [1.29, 1.82) is 0 Å². The van der Waals surface area contributed by atoms with E-state index in [-0.39, 0.29) is 11.8 Å². The summed E-state index contributed by atoms with van der Waals surface area (Å²) >= 11 is 0. The van der Waals surface area contributed by atoms with Crippen LogP contribution in [-0.4, -0.2) is 17.4 Å². The topological polar surface area (TPSA) is 20.2 Å². The Labute approximate surface area is 83.3 Å². The lowest BCUT2D eigenvalue weighted by Gasteiger charge is -2.20. The maximum Gasteiger partial charge on any atom is 0.389 e. The Balaban J connectivity index is 3.62. The van der Waals surface area contributed by atoms with Gasteiger partial charge in [0.2, 0.25) is 0 Å². The average molecular weight is 212 g/mol. The molecule has 1 N–H and O–H groups in total. The van der Waals surface area contributed by atoms with E-state index in [4.69, 9.17) is 0 Å². The molecule has 0 aliphatic rings. The fourth-order valence-corrected chi connectivity index (χ4v) is 1.07. The van der Waals surface area contributed by atoms with Crippen molar-refractivity contribution >= 4 is 0 Å². The Bertz CT molecular complexity index is 140. The van der Waals surface area contributed by atoms with E-state index < -0.39 is 18.7 Å². The minimum absolute atomic E-state index is 0.0687. The Kier molecular flexibility index (Phi) is 4.92. The lowest BCUT2D eigenvalue weighted by atomic mass is 9.88. The van der Waals surface area contributed by atoms with Crippen LogP contribution in [0.4, 0.5) is 13.2 Å². The second kappa shape index (κ2) is 5.01. The fourth-order valence-electron chi connectivity index (χ4n) is 1.07. The smallest absolute Gasteiger partial charge is 0.389 e. The molecule has 86 valence electrons. The number of hydrogen-bond donors (Lipinski definition) is 1. The van der Waals surface area contributed by atoms with E-state index in [0.717, 1.165) is 6.42 Å². The van der Waals surface area contributed by atoms with Gasteiger partial charge in [0.05, 0.1) is 6.10 Å². The molecule has 0 aromatic heterocycles. The van der Waals surface area contributed by atoms with E-state index in [0.29, 0.717) is 6.42 Å². The highest BCUT2D eigenvalue weighted by Crippen LogP contribution is 2.26. The van der Waals surface area contributed by atoms with Crippen molar-refractivity contribution in [3.05, 3.63) is 0 Å². The van der Waals surface area contributed by atoms with Crippen LogP contribution in [0.1, 0.15) is 46.5 Å². The molecule has 0 heterocycles. The predicted octanol–water partition coefficient (Wildman–Crippen LogP) is 3.52. The molecule has 1 atom stereocenters. The van der Waals surface area contributed by atoms with Gasteiger partial charge in [-0.3, -0.25) is 0 Å². The number of aliphatic hydroxyl groups is 1. The van der Waals surface area contributed by atoms with E-state index in [1.165, 1.54) is 0 Å². The van der Waals surface area contributed by atoms with Crippen molar-refractivity contribution in [1.82, 2.24) is 0 Å². The molecule has 0 rings (SSSR count). The van der Waals surface area contributed by atoms with Crippen LogP contribution in [0.5, 0.6) is 0 Å². The summed E-state index contributed by atoms with van der Waals surface area (Å²) in [5, 5.41) is 9.28. The highest BCUT2D eigenvalue weighted by Gasteiger charge is 2.28. The van der Waals surface area contributed by atoms with E-state index in [1.807, 2.05) is 20.8 Å². The van der Waals surface area contributed by atoms with Crippen LogP contribution in [0, 0.1) is 5.41 Å². The van der Waals surface area contributed by atoms with Gasteiger partial charge in [0.1, 0.15) is 0 Å². The summed E-state index contributed by atoms with van der Waals surface area (Å²) < 4.78 is 35.3. The number of aliphatic hydroxyl groups excluding tert-OH is 1. The molecule has 0 aliphatic heterocycles. The van der Waals surface area contributed by atoms with Crippen LogP contribution < -0.4 is 0 Å². The molecule has 0 saturated heterocycles. The van der Waals surface area contributed by atoms with Crippen molar-refractivity contribution in [2.24, 2.45) is 5.41 Å². The standard InChI is InChI=1S/C10H19F3O/c1-9(2,3)6-4-8(14)5-7-10(11,12)13/h8,14H,4-7H2,1-3H3. The molecule has 0 amide bonds. The van der Waals surface area contributed by atoms with Crippen LogP contribution >= 0.6 is 0 Å². The zero-order chi connectivity index (χ0) is 11.4. The number of hydrogen-bond acceptors (Lipinski definition) is 1. The van der Waals surface area contributed by atoms with Crippen molar-refractivity contribution in [3.8, 4) is 0 Å². The van der Waals surface area contributed by atoms with Crippen molar-refractivity contribution in [3.63, 3.8) is 0 Å². The Morgan fingerprint density at radius 1 is 1.00 bits per heavy atom. The third-order valence-corrected chi connectivity index (χ3v) is 1.99. The van der Waals surface area contributed by atoms with Gasteiger partial charge >= 0.3 is 6.18 Å². The monoisotopic (exact) mass is 212 g/mol. The summed E-state index contributed by atoms with van der Waals surface area (Å²) in [6, 6.07) is 0. The Hall–Kier alpha value is -0.250. The zero-order valence-corrected chi connectivity index (χ0v) is 8.99. The fraction of sp³-hybridized carbons (Fsp3) is 1.00. The first-order chi connectivity index (χ1) is 6.10. The minimum Gasteiger partial charge on any atom is -0.393 e. The summed E-state index contributed by atoms with van der Waals surface area (Å²) in [6.45, 7) is 6.01. The van der Waals surface area contributed by atoms with Gasteiger partial charge in [-0.25, -0.2) is 0 Å². The normalized spacial score (nSPS) is 15.6. The zero-order valence-electron chi connectivity index (χ0n) is 8.99. The molecule has 0 aromatic carbocycles. The van der Waals surface area contributed by atoms with Gasteiger partial charge in [0.15, 0.2) is 0 Å². The van der Waals surface area contributed by atoms with Gasteiger partial charge in [0, 0.05) is 6.42 Å². The number of halogens is 3. The molecule has 4 heteroatoms. The molecule has 14 heavy (non-hydrogen) atoms. The van der Waals surface area contributed by atoms with Gasteiger partial charge in [-0.2, -0.15) is 13.2 Å². The summed E-state index contributed by atoms with van der Waals surface area (Å²) in [7, 11) is 0. The molecule has 0 aromatic rings. The second-order valence-corrected chi connectivity index (χ2v) is 4.91. The molecule has 0 saturated carbocycles. The molecule has 0 fully saturated rings. The average Bonchev–Trinajstić information content (AvgIpc) is 1.94. The van der Waals surface area contributed by atoms with E-state index >= 15 is 0 Å². The summed E-state index contributed by atoms with van der Waals surface area (Å²) in [4.78, 5) is 0. The Morgan fingerprint density at radius 2 is 1.43 bits per heavy atom. The first kappa shape index (κ1) is 13.8. The molecular weight excluding hydrogens is 193 g/mol. The summed E-state index contributed by atoms with van der Waals surface area (Å²) in [6.07, 6.45) is -4.86. The number of rotatable bonds is 4. The minimum atomic E-state index is -4.15. The van der Waals surface area contributed by atoms with Crippen LogP contribution in [0.25, 0.3) is 0 Å². The molecule has 1 nitrogen and oxygen atoms in total. The third-order valence-electron chi connectivity index (χ3n) is 1.99. The second-order valence-electron chi connectivity index (χ2n) is 4.91. The lowest BCUT2D eigenvalue weighted by Crippen LogP contribution is -2.16. The van der Waals surface area contributed by atoms with Crippen molar-refractivity contribution in [2.75, 3.05) is 0 Å². The van der Waals surface area contributed by atoms with Gasteiger partial charge in [0.25, 0.3) is 0 Å². The molecule has 1 unspecified atom stereocenters. The van der Waals surface area contributed by atoms with Crippen molar-refractivity contribution < 1.29 is 18.3 Å². The van der Waals surface area contributed by atoms with E-state index in [9.17, 15) is 18.3 Å². The third kappa shape index (κ3) is 9.84. The maximum absolute atomic E-state index is 11.8. The van der Waals surface area contributed by atoms with Crippen LogP contribution in [0.2, 0.25) is 0 Å². The first-order valence-corrected chi connectivity index (χ1v) is 4.85. The van der Waals surface area contributed by atoms with E-state index in [1.54, 1.807) is 0 Å². The predicted molar refractivity (Wildman–Crippen MR) is 50.0 cm³/mol. The van der Waals surface area contributed by atoms with Gasteiger partial charge in [-0.1, -0.05) is 20.8 Å². The van der Waals surface area contributed by atoms with Gasteiger partial charge < -0.3 is 5.11 Å².